The zero-order valence-corrected chi connectivity index (χ0v) is 64.3. The van der Waals surface area contributed by atoms with Crippen molar-refractivity contribution in [1.29, 1.82) is 0 Å². The molecule has 4 fully saturated rings. The van der Waals surface area contributed by atoms with Crippen LogP contribution >= 0.6 is 0 Å². The number of rotatable bonds is 12. The Balaban J connectivity index is 0.000000193. The van der Waals surface area contributed by atoms with Crippen LogP contribution in [-0.2, 0) is 38.4 Å². The van der Waals surface area contributed by atoms with Gasteiger partial charge in [0, 0.05) is 106 Å². The molecule has 8 atom stereocenters. The summed E-state index contributed by atoms with van der Waals surface area (Å²) in [6.07, 6.45) is 7.31. The molecule has 4 aromatic carbocycles. The number of carboxylic acid groups (broad SMARTS) is 1. The second-order valence-corrected chi connectivity index (χ2v) is 28.5. The van der Waals surface area contributed by atoms with Gasteiger partial charge in [-0.3, -0.25) is 72.7 Å². The van der Waals surface area contributed by atoms with Gasteiger partial charge in [0.05, 0.1) is 87.9 Å². The lowest BCUT2D eigenvalue weighted by Crippen LogP contribution is -2.52. The number of hydrogen-bond donors (Lipinski definition) is 10. The zero-order chi connectivity index (χ0) is 89.3. The van der Waals surface area contributed by atoms with Crippen molar-refractivity contribution in [1.82, 2.24) is 40.0 Å². The molecule has 14 N–H and O–H groups in total. The van der Waals surface area contributed by atoms with Gasteiger partial charge in [0.2, 0.25) is 23.6 Å². The molecular formula is C80H78F12N16O13. The van der Waals surface area contributed by atoms with E-state index in [9.17, 15) is 110 Å². The number of aliphatic carboxylic acids is 1. The number of carbonyl (C=O) groups excluding carboxylic acids is 11. The van der Waals surface area contributed by atoms with Crippen LogP contribution in [0.2, 0.25) is 0 Å². The summed E-state index contributed by atoms with van der Waals surface area (Å²) in [6, 6.07) is 21.5. The summed E-state index contributed by atoms with van der Waals surface area (Å²) in [5.41, 5.74) is 22.4. The first-order valence-electron chi connectivity index (χ1n) is 36.4. The number of carboxylic acids is 1. The highest BCUT2D eigenvalue weighted by Gasteiger charge is 2.52. The van der Waals surface area contributed by atoms with E-state index in [1.54, 1.807) is 12.1 Å². The van der Waals surface area contributed by atoms with Gasteiger partial charge in [0.1, 0.15) is 23.3 Å². The molecule has 8 aromatic rings. The Hall–Kier alpha value is -13.8. The van der Waals surface area contributed by atoms with Gasteiger partial charge in [-0.2, -0.15) is 0 Å². The largest absolute Gasteiger partial charge is 0.474 e. The number of carbonyl (C=O) groups is 12. The second-order valence-electron chi connectivity index (χ2n) is 28.5. The molecule has 0 bridgehead atoms. The summed E-state index contributed by atoms with van der Waals surface area (Å²) in [6.45, 7) is 4.61. The summed E-state index contributed by atoms with van der Waals surface area (Å²) < 4.78 is 166. The molecule has 11 amide bonds. The minimum atomic E-state index is -3.06. The van der Waals surface area contributed by atoms with Crippen LogP contribution in [0.3, 0.4) is 0 Å². The minimum Gasteiger partial charge on any atom is -0.474 e. The van der Waals surface area contributed by atoms with Crippen LogP contribution in [0.15, 0.2) is 171 Å². The van der Waals surface area contributed by atoms with Crippen molar-refractivity contribution in [2.75, 3.05) is 47.4 Å². The van der Waals surface area contributed by atoms with Crippen molar-refractivity contribution in [3.8, 4) is 0 Å². The van der Waals surface area contributed by atoms with Crippen LogP contribution in [0.25, 0.3) is 0 Å². The van der Waals surface area contributed by atoms with Crippen molar-refractivity contribution < 1.29 is 115 Å². The number of likely N-dealkylation sites (tertiary alicyclic amines) is 3. The average Bonchev–Trinajstić information content (AvgIpc) is 0.770. The lowest BCUT2D eigenvalue weighted by molar-refractivity contribution is -0.159. The number of piperidine rings is 4. The van der Waals surface area contributed by atoms with E-state index in [1.165, 1.54) is 150 Å². The number of nitrogens with one attached hydrogen (secondary N) is 5. The zero-order valence-electron chi connectivity index (χ0n) is 64.3. The Morgan fingerprint density at radius 3 is 0.818 bits per heavy atom. The molecule has 0 saturated carbocycles. The number of alkyl halides is 8. The normalized spacial score (nSPS) is 20.2. The van der Waals surface area contributed by atoms with E-state index in [4.69, 9.17) is 28.0 Å². The number of aromatic nitrogens is 4. The number of primary amides is 4. The minimum absolute atomic E-state index is 0.0238. The number of nitrogens with zero attached hydrogens (tertiary/aromatic N) is 7. The fraction of sp³-hybridized carbons (Fsp3) is 0.300. The predicted molar refractivity (Wildman–Crippen MR) is 408 cm³/mol. The smallest absolute Gasteiger partial charge is 0.394 e. The molecule has 41 heteroatoms. The lowest BCUT2D eigenvalue weighted by atomic mass is 9.86. The van der Waals surface area contributed by atoms with Gasteiger partial charge in [0.15, 0.2) is 0 Å². The maximum Gasteiger partial charge on any atom is 0.394 e. The van der Waals surface area contributed by atoms with E-state index in [0.717, 1.165) is 51.1 Å². The number of anilines is 4. The number of pyridine rings is 4. The third-order valence-corrected chi connectivity index (χ3v) is 19.7. The fourth-order valence-electron chi connectivity index (χ4n) is 12.6. The number of hydrogen-bond acceptors (Lipinski definition) is 17. The van der Waals surface area contributed by atoms with Gasteiger partial charge < -0.3 is 69.3 Å². The average molecular weight is 1700 g/mol. The molecule has 12 rings (SSSR count). The van der Waals surface area contributed by atoms with Crippen molar-refractivity contribution in [2.45, 2.75) is 101 Å². The highest BCUT2D eigenvalue weighted by molar-refractivity contribution is 6.41. The SMILES string of the molecule is C[C@@H]1CN(C(=O)C(=O)Nc2cncc(C(N)=O)c2)[C@@H](c2ccc(F)cc2)CC1(F)F.C[C@H]1CN(C(=O)C(=O)Nc2cncc(C(N)=O)c2)[C@H](c2ccc(F)cc2)CC1(F)F.C[C@H]1CN(C(=O)C(=O)Nc2cncc(C(N)=O)c2)[C@H](c2ccc(F)cc2)CC1(F)F.C[C@H]1CN[C@H](c2ccc(F)cc2)CC1(F)F.NC(=O)c1cncc(NC(=O)C(=O)O)c1. The van der Waals surface area contributed by atoms with E-state index >= 15 is 0 Å². The first-order valence-corrected chi connectivity index (χ1v) is 36.4. The van der Waals surface area contributed by atoms with Gasteiger partial charge in [-0.25, -0.2) is 57.5 Å². The van der Waals surface area contributed by atoms with E-state index in [1.807, 2.05) is 5.32 Å². The highest BCUT2D eigenvalue weighted by atomic mass is 19.3. The first kappa shape index (κ1) is 92.7. The van der Waals surface area contributed by atoms with Crippen LogP contribution in [0.5, 0.6) is 0 Å². The van der Waals surface area contributed by atoms with Gasteiger partial charge in [-0.05, 0) is 95.1 Å². The molecule has 640 valence electrons. The number of benzene rings is 4. The molecule has 4 aliphatic heterocycles. The number of amides is 11. The molecule has 4 aromatic heterocycles. The summed E-state index contributed by atoms with van der Waals surface area (Å²) in [5.74, 6) is -30.2. The van der Waals surface area contributed by atoms with E-state index in [0.29, 0.717) is 22.3 Å². The van der Waals surface area contributed by atoms with Crippen LogP contribution in [0, 0.1) is 46.9 Å². The third-order valence-electron chi connectivity index (χ3n) is 19.7. The Labute approximate surface area is 680 Å². The van der Waals surface area contributed by atoms with Crippen molar-refractivity contribution in [3.63, 3.8) is 0 Å². The van der Waals surface area contributed by atoms with Gasteiger partial charge in [0.25, 0.3) is 23.7 Å². The molecule has 0 radical (unpaired) electrons. The van der Waals surface area contributed by atoms with Crippen LogP contribution < -0.4 is 49.5 Å². The van der Waals surface area contributed by atoms with Crippen LogP contribution in [0.1, 0.15) is 141 Å². The van der Waals surface area contributed by atoms with Crippen molar-refractivity contribution >= 4 is 93.7 Å². The number of nitrogens with two attached hydrogens (primary N) is 4. The quantitative estimate of drug-likeness (QED) is 0.0401. The monoisotopic (exact) mass is 1700 g/mol. The molecule has 0 aliphatic carbocycles. The first-order chi connectivity index (χ1) is 56.7. The molecular weight excluding hydrogens is 1620 g/mol. The van der Waals surface area contributed by atoms with Crippen LogP contribution in [-0.4, -0.2) is 161 Å². The summed E-state index contributed by atoms with van der Waals surface area (Å²) in [7, 11) is 0. The van der Waals surface area contributed by atoms with E-state index < -0.39 is 173 Å². The Bertz CT molecular complexity index is 4780. The molecule has 4 aliphatic rings. The van der Waals surface area contributed by atoms with E-state index in [2.05, 4.69) is 41.2 Å². The van der Waals surface area contributed by atoms with Crippen molar-refractivity contribution in [3.05, 3.63) is 239 Å². The molecule has 0 unspecified atom stereocenters. The van der Waals surface area contributed by atoms with Gasteiger partial charge in [-0.1, -0.05) is 76.2 Å². The molecule has 121 heavy (non-hydrogen) atoms. The molecule has 0 spiro atoms. The maximum atomic E-state index is 14.4. The summed E-state index contributed by atoms with van der Waals surface area (Å²) in [4.78, 5) is 159. The van der Waals surface area contributed by atoms with E-state index in [-0.39, 0.29) is 89.5 Å². The van der Waals surface area contributed by atoms with Gasteiger partial charge >= 0.3 is 47.3 Å². The second kappa shape index (κ2) is 39.7. The lowest BCUT2D eigenvalue weighted by Gasteiger charge is -2.42. The van der Waals surface area contributed by atoms with Crippen molar-refractivity contribution in [2.24, 2.45) is 46.6 Å². The maximum absolute atomic E-state index is 14.4. The predicted octanol–water partition coefficient (Wildman–Crippen LogP) is 9.84. The Kier molecular flexibility index (Phi) is 30.4. The third kappa shape index (κ3) is 24.9. The summed E-state index contributed by atoms with van der Waals surface area (Å²) in [5, 5.41) is 20.3. The highest BCUT2D eigenvalue weighted by Crippen LogP contribution is 2.47. The summed E-state index contributed by atoms with van der Waals surface area (Å²) >= 11 is 0. The topological polar surface area (TPSA) is 451 Å². The van der Waals surface area contributed by atoms with Crippen LogP contribution in [0.4, 0.5) is 75.4 Å². The molecule has 29 nitrogen and oxygen atoms in total. The Morgan fingerprint density at radius 2 is 0.587 bits per heavy atom. The Morgan fingerprint density at radius 1 is 0.355 bits per heavy atom. The van der Waals surface area contributed by atoms with Gasteiger partial charge in [-0.15, -0.1) is 0 Å². The molecule has 8 heterocycles. The fourth-order valence-corrected chi connectivity index (χ4v) is 12.6. The standard InChI is InChI=1S/3C20H19F3N4O3.C12H14F3N.C8H7N3O4/c3*1-11-10-27(16(7-20(11,22)23)12-2-4-14(21)5-3-12)19(30)18(29)26-15-6-13(17(24)28)8-25-9-15;1-8-7-16-11(6-12(8,14)15)9-2-4-10(13)5-3-9;9-6(12)4-1-5(3-10-2-4)11-7(13)8(14)15/h3*2-6,8-9,11,16H,7,10H2,1H3,(H2,24,28)(H,26,29);2-5,8,11,16H,6-7H2,1H3;1-3H,(H2,9,12)(H,11,13)(H,14,15)/t3*11-,16-;8-,11-;/m1000./s1. The number of halogens is 12. The molecule has 4 saturated heterocycles.